The van der Waals surface area contributed by atoms with Gasteiger partial charge in [0.2, 0.25) is 0 Å². The Morgan fingerprint density at radius 3 is 2.14 bits per heavy atom. The first-order valence-corrected chi connectivity index (χ1v) is 11.7. The fourth-order valence-corrected chi connectivity index (χ4v) is 4.04. The highest BCUT2D eigenvalue weighted by Crippen LogP contribution is 2.26. The molecule has 1 heterocycles. The number of carbonyl (C=O) groups is 1. The Hall–Kier alpha value is -2.46. The molecule has 11 heteroatoms. The van der Waals surface area contributed by atoms with Crippen LogP contribution in [0, 0.1) is 15.9 Å². The normalized spacial score (nSPS) is 14.7. The van der Waals surface area contributed by atoms with Gasteiger partial charge in [-0.3, -0.25) is 4.79 Å². The second kappa shape index (κ2) is 16.3. The van der Waals surface area contributed by atoms with Crippen LogP contribution in [0.2, 0.25) is 0 Å². The van der Waals surface area contributed by atoms with Crippen LogP contribution in [0.1, 0.15) is 31.2 Å². The van der Waals surface area contributed by atoms with Crippen LogP contribution in [0.5, 0.6) is 0 Å². The van der Waals surface area contributed by atoms with Crippen LogP contribution in [-0.4, -0.2) is 73.3 Å². The summed E-state index contributed by atoms with van der Waals surface area (Å²) in [6.45, 7) is 7.42. The average molecular weight is 546 g/mol. The van der Waals surface area contributed by atoms with E-state index >= 15 is 0 Å². The summed E-state index contributed by atoms with van der Waals surface area (Å²) in [7, 11) is 0. The van der Waals surface area contributed by atoms with Gasteiger partial charge in [-0.25, -0.2) is 4.39 Å². The number of halogens is 3. The Morgan fingerprint density at radius 2 is 1.58 bits per heavy atom. The van der Waals surface area contributed by atoms with E-state index in [9.17, 15) is 19.3 Å². The first-order valence-electron chi connectivity index (χ1n) is 11.7. The molecule has 8 nitrogen and oxygen atoms in total. The Bertz CT molecular complexity index is 947. The first-order chi connectivity index (χ1) is 16.4. The minimum absolute atomic E-state index is 0. The number of esters is 1. The van der Waals surface area contributed by atoms with Crippen molar-refractivity contribution in [1.29, 1.82) is 0 Å². The molecule has 0 amide bonds. The van der Waals surface area contributed by atoms with E-state index in [-0.39, 0.29) is 43.2 Å². The highest BCUT2D eigenvalue weighted by Gasteiger charge is 2.20. The van der Waals surface area contributed by atoms with Crippen molar-refractivity contribution in [2.75, 3.05) is 52.5 Å². The molecule has 0 aromatic heterocycles. The lowest BCUT2D eigenvalue weighted by atomic mass is 9.97. The second-order valence-electron chi connectivity index (χ2n) is 8.44. The van der Waals surface area contributed by atoms with Crippen molar-refractivity contribution in [3.63, 3.8) is 0 Å². The molecule has 1 fully saturated rings. The zero-order chi connectivity index (χ0) is 24.3. The van der Waals surface area contributed by atoms with Gasteiger partial charge in [0.05, 0.1) is 19.1 Å². The summed E-state index contributed by atoms with van der Waals surface area (Å²) in [6.07, 6.45) is 1.37. The number of nitrogens with zero attached hydrogens (tertiary/aromatic N) is 3. The summed E-state index contributed by atoms with van der Waals surface area (Å²) in [5.41, 5.74) is 1.91. The third-order valence-electron chi connectivity index (χ3n) is 6.07. The van der Waals surface area contributed by atoms with Crippen LogP contribution in [0.3, 0.4) is 0 Å². The number of rotatable bonds is 12. The average Bonchev–Trinajstić information content (AvgIpc) is 2.85. The number of hydrogen-bond acceptors (Lipinski definition) is 7. The van der Waals surface area contributed by atoms with Gasteiger partial charge < -0.3 is 19.4 Å². The van der Waals surface area contributed by atoms with Crippen molar-refractivity contribution < 1.29 is 23.8 Å². The highest BCUT2D eigenvalue weighted by molar-refractivity contribution is 5.85. The molecule has 1 atom stereocenters. The van der Waals surface area contributed by atoms with Crippen molar-refractivity contribution in [3.8, 4) is 11.1 Å². The third-order valence-corrected chi connectivity index (χ3v) is 6.07. The van der Waals surface area contributed by atoms with Gasteiger partial charge in [0.1, 0.15) is 5.82 Å². The molecule has 0 radical (unpaired) electrons. The maximum Gasteiger partial charge on any atom is 0.313 e. The maximum absolute atomic E-state index is 14.6. The molecule has 2 aromatic rings. The van der Waals surface area contributed by atoms with E-state index < -0.39 is 11.0 Å². The molecule has 1 saturated heterocycles. The van der Waals surface area contributed by atoms with Crippen LogP contribution in [0.15, 0.2) is 48.5 Å². The molecular weight excluding hydrogens is 512 g/mol. The van der Waals surface area contributed by atoms with E-state index in [0.717, 1.165) is 51.3 Å². The topological polar surface area (TPSA) is 85.2 Å². The maximum atomic E-state index is 14.6. The molecule has 2 aromatic carbocycles. The molecule has 1 aliphatic heterocycles. The summed E-state index contributed by atoms with van der Waals surface area (Å²) in [6, 6.07) is 14.2. The lowest BCUT2D eigenvalue weighted by molar-refractivity contribution is -0.757. The lowest BCUT2D eigenvalue weighted by Gasteiger charge is -2.34. The summed E-state index contributed by atoms with van der Waals surface area (Å²) in [5, 5.41) is 9.40. The Balaban J connectivity index is 0.00000324. The van der Waals surface area contributed by atoms with E-state index in [0.29, 0.717) is 24.2 Å². The van der Waals surface area contributed by atoms with Gasteiger partial charge in [-0.05, 0) is 37.0 Å². The van der Waals surface area contributed by atoms with Crippen LogP contribution in [0.4, 0.5) is 4.39 Å². The lowest BCUT2D eigenvalue weighted by Crippen LogP contribution is -2.47. The quantitative estimate of drug-likeness (QED) is 0.167. The van der Waals surface area contributed by atoms with Gasteiger partial charge in [0.25, 0.3) is 5.09 Å². The van der Waals surface area contributed by atoms with Crippen LogP contribution < -0.4 is 0 Å². The zero-order valence-corrected chi connectivity index (χ0v) is 22.0. The molecule has 1 unspecified atom stereocenters. The largest absolute Gasteiger partial charge is 0.465 e. The first kappa shape index (κ1) is 31.6. The third kappa shape index (κ3) is 9.89. The van der Waals surface area contributed by atoms with E-state index in [4.69, 9.17) is 4.74 Å². The van der Waals surface area contributed by atoms with Crippen molar-refractivity contribution in [2.45, 2.75) is 25.7 Å². The fourth-order valence-electron chi connectivity index (χ4n) is 4.04. The van der Waals surface area contributed by atoms with Gasteiger partial charge in [-0.1, -0.05) is 42.5 Å². The minimum Gasteiger partial charge on any atom is -0.465 e. The van der Waals surface area contributed by atoms with Gasteiger partial charge in [0, 0.05) is 44.8 Å². The van der Waals surface area contributed by atoms with Crippen molar-refractivity contribution in [2.24, 2.45) is 0 Å². The molecule has 36 heavy (non-hydrogen) atoms. The van der Waals surface area contributed by atoms with Gasteiger partial charge in [-0.15, -0.1) is 34.9 Å². The molecule has 0 saturated carbocycles. The second-order valence-corrected chi connectivity index (χ2v) is 8.44. The molecule has 3 rings (SSSR count). The van der Waals surface area contributed by atoms with Crippen LogP contribution >= 0.6 is 24.8 Å². The van der Waals surface area contributed by atoms with Gasteiger partial charge >= 0.3 is 5.97 Å². The summed E-state index contributed by atoms with van der Waals surface area (Å²) in [5.74, 6) is -1.25. The Morgan fingerprint density at radius 1 is 1.00 bits per heavy atom. The number of ether oxygens (including phenoxy) is 1. The summed E-state index contributed by atoms with van der Waals surface area (Å²) in [4.78, 5) is 31.5. The van der Waals surface area contributed by atoms with Crippen molar-refractivity contribution >= 4 is 30.8 Å². The Labute approximate surface area is 223 Å². The highest BCUT2D eigenvalue weighted by atomic mass is 35.5. The van der Waals surface area contributed by atoms with Crippen molar-refractivity contribution in [1.82, 2.24) is 9.80 Å². The SMILES string of the molecule is CC(C(=O)OCCCN1CCN(CCCO[N+](=O)[O-])CC1)c1ccc(-c2ccccc2)c(F)c1.Cl.Cl. The van der Waals surface area contributed by atoms with E-state index in [2.05, 4.69) is 14.6 Å². The number of carbonyl (C=O) groups excluding carboxylic acids is 1. The van der Waals surface area contributed by atoms with Crippen LogP contribution in [-0.2, 0) is 14.4 Å². The smallest absolute Gasteiger partial charge is 0.313 e. The fraction of sp³-hybridized carbons (Fsp3) is 0.480. The number of piperazine rings is 1. The molecule has 0 N–H and O–H groups in total. The summed E-state index contributed by atoms with van der Waals surface area (Å²) >= 11 is 0. The van der Waals surface area contributed by atoms with E-state index in [1.165, 1.54) is 6.07 Å². The minimum atomic E-state index is -0.759. The molecular formula is C25H34Cl2FN3O5. The van der Waals surface area contributed by atoms with Gasteiger partial charge in [-0.2, -0.15) is 0 Å². The standard InChI is InChI=1S/C25H32FN3O5.2ClH/c1-20(22-9-10-23(24(26)19-22)21-7-3-2-4-8-21)25(30)33-17-5-11-27-13-15-28(16-14-27)12-6-18-34-29(31)32;;/h2-4,7-10,19-20H,5-6,11-18H2,1H3;2*1H. The monoisotopic (exact) mass is 545 g/mol. The Kier molecular flexibility index (Phi) is 14.3. The molecule has 0 aliphatic carbocycles. The molecule has 0 bridgehead atoms. The predicted octanol–water partition coefficient (Wildman–Crippen LogP) is 4.59. The van der Waals surface area contributed by atoms with E-state index in [1.807, 2.05) is 30.3 Å². The summed E-state index contributed by atoms with van der Waals surface area (Å²) < 4.78 is 20.1. The molecule has 1 aliphatic rings. The number of hydrogen-bond donors (Lipinski definition) is 0. The predicted molar refractivity (Wildman–Crippen MR) is 141 cm³/mol. The van der Waals surface area contributed by atoms with Crippen LogP contribution in [0.25, 0.3) is 11.1 Å². The van der Waals surface area contributed by atoms with Crippen molar-refractivity contribution in [3.05, 3.63) is 70.0 Å². The molecule has 200 valence electrons. The zero-order valence-electron chi connectivity index (χ0n) is 20.3. The molecule has 0 spiro atoms. The van der Waals surface area contributed by atoms with Gasteiger partial charge in [0.15, 0.2) is 0 Å². The number of benzene rings is 2. The van der Waals surface area contributed by atoms with E-state index in [1.54, 1.807) is 19.1 Å².